The molecule has 2 aliphatic rings. The quantitative estimate of drug-likeness (QED) is 0.739. The highest BCUT2D eigenvalue weighted by Crippen LogP contribution is 2.37. The van der Waals surface area contributed by atoms with E-state index in [9.17, 15) is 14.4 Å². The molecule has 0 aromatic heterocycles. The second-order valence-electron chi connectivity index (χ2n) is 8.50. The first-order chi connectivity index (χ1) is 15.2. The number of rotatable bonds is 4. The topological polar surface area (TPSA) is 69.7 Å². The number of fused-ring (bicyclic) bond motifs is 1. The third-order valence-corrected chi connectivity index (χ3v) is 7.23. The summed E-state index contributed by atoms with van der Waals surface area (Å²) >= 11 is 1.39. The summed E-state index contributed by atoms with van der Waals surface area (Å²) in [5, 5.41) is 4.36. The lowest BCUT2D eigenvalue weighted by atomic mass is 10.0. The molecular formula is C25H27N3O3S. The predicted octanol–water partition coefficient (Wildman–Crippen LogP) is 4.63. The molecule has 2 atom stereocenters. The highest BCUT2D eigenvalue weighted by molar-refractivity contribution is 8.03. The van der Waals surface area contributed by atoms with Crippen LogP contribution in [0.25, 0.3) is 0 Å². The van der Waals surface area contributed by atoms with E-state index >= 15 is 0 Å². The van der Waals surface area contributed by atoms with Crippen LogP contribution in [0.1, 0.15) is 27.8 Å². The van der Waals surface area contributed by atoms with Gasteiger partial charge in [-0.25, -0.2) is 9.69 Å². The molecule has 166 valence electrons. The van der Waals surface area contributed by atoms with E-state index in [2.05, 4.69) is 5.32 Å². The number of thioether (sulfide) groups is 1. The highest BCUT2D eigenvalue weighted by atomic mass is 32.2. The Hall–Kier alpha value is -3.06. The van der Waals surface area contributed by atoms with Crippen molar-refractivity contribution >= 4 is 41.0 Å². The molecule has 1 saturated heterocycles. The van der Waals surface area contributed by atoms with Crippen LogP contribution in [-0.2, 0) is 9.59 Å². The van der Waals surface area contributed by atoms with Gasteiger partial charge in [-0.15, -0.1) is 11.8 Å². The molecule has 2 aromatic carbocycles. The Morgan fingerprint density at radius 1 is 1.03 bits per heavy atom. The predicted molar refractivity (Wildman–Crippen MR) is 129 cm³/mol. The molecule has 2 heterocycles. The zero-order valence-electron chi connectivity index (χ0n) is 18.9. The van der Waals surface area contributed by atoms with Crippen LogP contribution in [0.15, 0.2) is 41.8 Å². The molecule has 1 fully saturated rings. The van der Waals surface area contributed by atoms with E-state index in [4.69, 9.17) is 0 Å². The molecule has 0 aliphatic carbocycles. The molecule has 0 saturated carbocycles. The number of carbonyl (C=O) groups excluding carboxylic acids is 3. The molecule has 0 spiro atoms. The fourth-order valence-electron chi connectivity index (χ4n) is 4.42. The Morgan fingerprint density at radius 2 is 1.72 bits per heavy atom. The van der Waals surface area contributed by atoms with Crippen molar-refractivity contribution in [2.75, 3.05) is 16.8 Å². The Labute approximate surface area is 192 Å². The molecule has 2 aliphatic heterocycles. The summed E-state index contributed by atoms with van der Waals surface area (Å²) in [6.07, 6.45) is 1.83. The minimum Gasteiger partial charge on any atom is -0.324 e. The first kappa shape index (κ1) is 22.1. The lowest BCUT2D eigenvalue weighted by Crippen LogP contribution is -2.63. The van der Waals surface area contributed by atoms with Crippen molar-refractivity contribution in [2.24, 2.45) is 0 Å². The molecule has 4 rings (SSSR count). The standard InChI is InChI=1S/C25H27N3O3S/c1-14-11-16(3)22(17(4)12-14)26-21(29)13-27-20-9-10-32-23(20)24(30)28(25(27)31)19-8-6-7-15(2)18(19)5/h6-12,20,23H,13H2,1-5H3,(H,26,29). The van der Waals surface area contributed by atoms with E-state index in [1.54, 1.807) is 6.07 Å². The Balaban J connectivity index is 1.63. The zero-order chi connectivity index (χ0) is 23.2. The number of hydrogen-bond donors (Lipinski definition) is 1. The van der Waals surface area contributed by atoms with Gasteiger partial charge in [-0.05, 0) is 68.3 Å². The maximum Gasteiger partial charge on any atom is 0.332 e. The van der Waals surface area contributed by atoms with Crippen LogP contribution in [-0.4, -0.2) is 40.6 Å². The van der Waals surface area contributed by atoms with Crippen molar-refractivity contribution < 1.29 is 14.4 Å². The third-order valence-electron chi connectivity index (χ3n) is 6.14. The van der Waals surface area contributed by atoms with Gasteiger partial charge in [0.25, 0.3) is 5.91 Å². The van der Waals surface area contributed by atoms with Gasteiger partial charge in [0, 0.05) is 5.69 Å². The number of imide groups is 1. The van der Waals surface area contributed by atoms with Crippen LogP contribution in [0.4, 0.5) is 16.2 Å². The van der Waals surface area contributed by atoms with Crippen molar-refractivity contribution in [3.05, 3.63) is 69.6 Å². The maximum atomic E-state index is 13.5. The molecule has 4 amide bonds. The number of urea groups is 1. The van der Waals surface area contributed by atoms with Crippen LogP contribution in [0.5, 0.6) is 0 Å². The summed E-state index contributed by atoms with van der Waals surface area (Å²) < 4.78 is 0. The third kappa shape index (κ3) is 3.81. The Bertz CT molecular complexity index is 1130. The number of carbonyl (C=O) groups is 3. The van der Waals surface area contributed by atoms with Gasteiger partial charge in [0.05, 0.1) is 11.7 Å². The smallest absolute Gasteiger partial charge is 0.324 e. The van der Waals surface area contributed by atoms with Gasteiger partial charge in [-0.1, -0.05) is 35.9 Å². The van der Waals surface area contributed by atoms with E-state index in [1.165, 1.54) is 21.6 Å². The van der Waals surface area contributed by atoms with Crippen LogP contribution in [0.2, 0.25) is 0 Å². The summed E-state index contributed by atoms with van der Waals surface area (Å²) in [7, 11) is 0. The molecule has 32 heavy (non-hydrogen) atoms. The molecular weight excluding hydrogens is 422 g/mol. The monoisotopic (exact) mass is 449 g/mol. The normalized spacial score (nSPS) is 20.0. The van der Waals surface area contributed by atoms with Crippen LogP contribution in [0, 0.1) is 34.6 Å². The number of nitrogens with one attached hydrogen (secondary N) is 1. The highest BCUT2D eigenvalue weighted by Gasteiger charge is 2.48. The van der Waals surface area contributed by atoms with Gasteiger partial charge in [0.2, 0.25) is 5.91 Å². The van der Waals surface area contributed by atoms with Crippen LogP contribution in [0.3, 0.4) is 0 Å². The van der Waals surface area contributed by atoms with Crippen molar-refractivity contribution in [3.8, 4) is 0 Å². The van der Waals surface area contributed by atoms with Gasteiger partial charge in [0.15, 0.2) is 0 Å². The SMILES string of the molecule is Cc1cc(C)c(NC(=O)CN2C(=O)N(c3cccc(C)c3C)C(=O)C3SC=CC32)c(C)c1. The largest absolute Gasteiger partial charge is 0.332 e. The first-order valence-corrected chi connectivity index (χ1v) is 11.5. The molecule has 6 nitrogen and oxygen atoms in total. The number of amides is 4. The van der Waals surface area contributed by atoms with Gasteiger partial charge in [-0.3, -0.25) is 9.59 Å². The molecule has 1 N–H and O–H groups in total. The maximum absolute atomic E-state index is 13.5. The van der Waals surface area contributed by atoms with Crippen molar-refractivity contribution in [3.63, 3.8) is 0 Å². The summed E-state index contributed by atoms with van der Waals surface area (Å²) in [6, 6.07) is 8.69. The first-order valence-electron chi connectivity index (χ1n) is 10.6. The fraction of sp³-hybridized carbons (Fsp3) is 0.320. The van der Waals surface area contributed by atoms with Crippen LogP contribution >= 0.6 is 11.8 Å². The number of benzene rings is 2. The Morgan fingerprint density at radius 3 is 2.41 bits per heavy atom. The number of hydrogen-bond acceptors (Lipinski definition) is 4. The van der Waals surface area contributed by atoms with E-state index in [0.29, 0.717) is 5.69 Å². The van der Waals surface area contributed by atoms with Crippen molar-refractivity contribution in [2.45, 2.75) is 45.9 Å². The summed E-state index contributed by atoms with van der Waals surface area (Å²) in [6.45, 7) is 9.64. The number of nitrogens with zero attached hydrogens (tertiary/aromatic N) is 2. The average Bonchev–Trinajstić information content (AvgIpc) is 3.21. The molecule has 2 unspecified atom stereocenters. The van der Waals surface area contributed by atoms with Gasteiger partial charge in [-0.2, -0.15) is 0 Å². The van der Waals surface area contributed by atoms with Gasteiger partial charge in [0.1, 0.15) is 11.8 Å². The van der Waals surface area contributed by atoms with Crippen molar-refractivity contribution in [1.82, 2.24) is 4.90 Å². The summed E-state index contributed by atoms with van der Waals surface area (Å²) in [5.74, 6) is -0.529. The van der Waals surface area contributed by atoms with Gasteiger partial charge >= 0.3 is 6.03 Å². The average molecular weight is 450 g/mol. The number of anilines is 2. The second kappa shape index (κ2) is 8.47. The van der Waals surface area contributed by atoms with E-state index in [-0.39, 0.29) is 18.4 Å². The molecule has 0 radical (unpaired) electrons. The van der Waals surface area contributed by atoms with Crippen molar-refractivity contribution in [1.29, 1.82) is 0 Å². The van der Waals surface area contributed by atoms with Crippen LogP contribution < -0.4 is 10.2 Å². The lowest BCUT2D eigenvalue weighted by Gasteiger charge is -2.41. The van der Waals surface area contributed by atoms with Gasteiger partial charge < -0.3 is 10.2 Å². The van der Waals surface area contributed by atoms with E-state index in [0.717, 1.165) is 33.5 Å². The van der Waals surface area contributed by atoms with E-state index in [1.807, 2.05) is 70.4 Å². The molecule has 2 aromatic rings. The second-order valence-corrected chi connectivity index (χ2v) is 9.55. The zero-order valence-corrected chi connectivity index (χ0v) is 19.7. The minimum atomic E-state index is -0.468. The fourth-order valence-corrected chi connectivity index (χ4v) is 5.47. The molecule has 0 bridgehead atoms. The summed E-state index contributed by atoms with van der Waals surface area (Å²) in [4.78, 5) is 42.5. The molecule has 7 heteroatoms. The minimum absolute atomic E-state index is 0.133. The summed E-state index contributed by atoms with van der Waals surface area (Å²) in [5.41, 5.74) is 6.28. The Kier molecular flexibility index (Phi) is 5.86. The lowest BCUT2D eigenvalue weighted by molar-refractivity contribution is -0.121. The number of aryl methyl sites for hydroxylation is 4. The van der Waals surface area contributed by atoms with E-state index < -0.39 is 17.3 Å².